The molecule has 0 aliphatic heterocycles. The van der Waals surface area contributed by atoms with Crippen LogP contribution in [0.3, 0.4) is 0 Å². The van der Waals surface area contributed by atoms with Gasteiger partial charge in [-0.3, -0.25) is 9.71 Å². The van der Waals surface area contributed by atoms with E-state index in [9.17, 15) is 12.8 Å². The van der Waals surface area contributed by atoms with Crippen molar-refractivity contribution in [3.63, 3.8) is 0 Å². The Morgan fingerprint density at radius 1 is 1.50 bits per heavy atom. The van der Waals surface area contributed by atoms with Gasteiger partial charge in [0.2, 0.25) is 0 Å². The van der Waals surface area contributed by atoms with Crippen molar-refractivity contribution >= 4 is 21.5 Å². The zero-order valence-electron chi connectivity index (χ0n) is 9.33. The van der Waals surface area contributed by atoms with Crippen molar-refractivity contribution < 1.29 is 12.8 Å². The van der Waals surface area contributed by atoms with Gasteiger partial charge < -0.3 is 10.3 Å². The zero-order valence-corrected chi connectivity index (χ0v) is 10.1. The van der Waals surface area contributed by atoms with Crippen molar-refractivity contribution in [2.75, 3.05) is 10.5 Å². The first kappa shape index (κ1) is 12.3. The van der Waals surface area contributed by atoms with E-state index in [4.69, 9.17) is 5.73 Å². The highest BCUT2D eigenvalue weighted by atomic mass is 32.2. The van der Waals surface area contributed by atoms with Gasteiger partial charge in [-0.15, -0.1) is 0 Å². The third-order valence-electron chi connectivity index (χ3n) is 2.18. The number of hydrogen-bond donors (Lipinski definition) is 2. The van der Waals surface area contributed by atoms with Crippen molar-refractivity contribution in [2.24, 2.45) is 7.05 Å². The predicted octanol–water partition coefficient (Wildman–Crippen LogP) is 0.337. The molecule has 0 unspecified atom stereocenters. The summed E-state index contributed by atoms with van der Waals surface area (Å²) in [5.41, 5.74) is 5.26. The Morgan fingerprint density at radius 2 is 2.22 bits per heavy atom. The molecule has 0 fully saturated rings. The molecule has 0 bridgehead atoms. The fraction of sp³-hybridized carbons (Fsp3) is 0.111. The van der Waals surface area contributed by atoms with E-state index < -0.39 is 15.8 Å². The van der Waals surface area contributed by atoms with Crippen LogP contribution in [0.4, 0.5) is 15.9 Å². The fourth-order valence-electron chi connectivity index (χ4n) is 1.42. The molecule has 0 saturated carbocycles. The van der Waals surface area contributed by atoms with Crippen molar-refractivity contribution in [2.45, 2.75) is 5.03 Å². The molecule has 9 heteroatoms. The number of sulfonamides is 1. The van der Waals surface area contributed by atoms with Gasteiger partial charge >= 0.3 is 0 Å². The Labute approximate surface area is 103 Å². The van der Waals surface area contributed by atoms with Crippen LogP contribution in [0.5, 0.6) is 0 Å². The molecule has 0 aliphatic carbocycles. The average Bonchev–Trinajstić information content (AvgIpc) is 2.62. The molecule has 7 nitrogen and oxygen atoms in total. The van der Waals surface area contributed by atoms with E-state index >= 15 is 0 Å². The number of anilines is 2. The second kappa shape index (κ2) is 4.26. The third-order valence-corrected chi connectivity index (χ3v) is 3.68. The molecule has 0 saturated heterocycles. The highest BCUT2D eigenvalue weighted by Gasteiger charge is 2.23. The second-order valence-electron chi connectivity index (χ2n) is 3.51. The number of pyridine rings is 1. The summed E-state index contributed by atoms with van der Waals surface area (Å²) in [5.74, 6) is -0.929. The molecule has 18 heavy (non-hydrogen) atoms. The number of nitrogen functional groups attached to an aromatic ring is 1. The lowest BCUT2D eigenvalue weighted by Gasteiger charge is -2.09. The summed E-state index contributed by atoms with van der Waals surface area (Å²) in [7, 11) is -2.52. The van der Waals surface area contributed by atoms with Crippen LogP contribution in [0, 0.1) is 5.82 Å². The highest BCUT2D eigenvalue weighted by Crippen LogP contribution is 2.20. The Bertz CT molecular complexity index is 663. The summed E-state index contributed by atoms with van der Waals surface area (Å²) >= 11 is 0. The number of aryl methyl sites for hydroxylation is 1. The maximum atomic E-state index is 13.3. The molecule has 2 aromatic heterocycles. The fourth-order valence-corrected chi connectivity index (χ4v) is 2.72. The first-order chi connectivity index (χ1) is 8.42. The number of aromatic nitrogens is 3. The lowest BCUT2D eigenvalue weighted by atomic mass is 10.4. The van der Waals surface area contributed by atoms with Crippen molar-refractivity contribution in [1.82, 2.24) is 14.5 Å². The number of imidazole rings is 1. The number of nitrogens with two attached hydrogens (primary N) is 1. The van der Waals surface area contributed by atoms with Crippen LogP contribution in [0.2, 0.25) is 0 Å². The van der Waals surface area contributed by atoms with Crippen LogP contribution in [0.25, 0.3) is 0 Å². The SMILES string of the molecule is Cn1cnc(N)c1S(=O)(=O)Nc1ccncc1F. The van der Waals surface area contributed by atoms with E-state index in [0.717, 1.165) is 6.20 Å². The minimum absolute atomic E-state index is 0.153. The normalized spacial score (nSPS) is 11.4. The van der Waals surface area contributed by atoms with E-state index in [0.29, 0.717) is 0 Å². The van der Waals surface area contributed by atoms with E-state index in [1.54, 1.807) is 0 Å². The number of hydrogen-bond acceptors (Lipinski definition) is 5. The minimum atomic E-state index is -4.00. The molecule has 2 rings (SSSR count). The number of rotatable bonds is 3. The van der Waals surface area contributed by atoms with Gasteiger partial charge in [0, 0.05) is 13.2 Å². The molecule has 0 aromatic carbocycles. The minimum Gasteiger partial charge on any atom is -0.381 e. The number of nitrogens with one attached hydrogen (secondary N) is 1. The molecule has 0 aliphatic rings. The van der Waals surface area contributed by atoms with Gasteiger partial charge in [0.25, 0.3) is 10.0 Å². The molecular formula is C9H10FN5O2S. The van der Waals surface area contributed by atoms with Gasteiger partial charge in [-0.1, -0.05) is 0 Å². The standard InChI is InChI=1S/C9H10FN5O2S/c1-15-5-13-8(11)9(15)18(16,17)14-7-2-3-12-4-6(7)10/h2-5H,11H2,1H3,(H,12,14). The van der Waals surface area contributed by atoms with Crippen LogP contribution >= 0.6 is 0 Å². The Kier molecular flexibility index (Phi) is 2.91. The van der Waals surface area contributed by atoms with Gasteiger partial charge in [0.15, 0.2) is 16.7 Å². The molecule has 0 radical (unpaired) electrons. The quantitative estimate of drug-likeness (QED) is 0.837. The van der Waals surface area contributed by atoms with Gasteiger partial charge in [-0.05, 0) is 6.07 Å². The van der Waals surface area contributed by atoms with Gasteiger partial charge in [0.05, 0.1) is 18.2 Å². The maximum Gasteiger partial charge on any atom is 0.281 e. The Morgan fingerprint density at radius 3 is 2.78 bits per heavy atom. The van der Waals surface area contributed by atoms with Crippen LogP contribution in [0.15, 0.2) is 29.8 Å². The van der Waals surface area contributed by atoms with E-state index in [2.05, 4.69) is 14.7 Å². The third kappa shape index (κ3) is 2.12. The van der Waals surface area contributed by atoms with Crippen LogP contribution in [0.1, 0.15) is 0 Å². The summed E-state index contributed by atoms with van der Waals surface area (Å²) in [6.07, 6.45) is 3.44. The average molecular weight is 271 g/mol. The summed E-state index contributed by atoms with van der Waals surface area (Å²) < 4.78 is 40.7. The second-order valence-corrected chi connectivity index (χ2v) is 5.10. The van der Waals surface area contributed by atoms with Crippen molar-refractivity contribution in [1.29, 1.82) is 0 Å². The van der Waals surface area contributed by atoms with Gasteiger partial charge in [-0.2, -0.15) is 8.42 Å². The molecule has 3 N–H and O–H groups in total. The van der Waals surface area contributed by atoms with E-state index in [-0.39, 0.29) is 16.5 Å². The largest absolute Gasteiger partial charge is 0.381 e. The van der Waals surface area contributed by atoms with E-state index in [1.165, 1.54) is 30.2 Å². The number of nitrogens with zero attached hydrogens (tertiary/aromatic N) is 3. The lowest BCUT2D eigenvalue weighted by molar-refractivity contribution is 0.589. The van der Waals surface area contributed by atoms with Crippen LogP contribution < -0.4 is 10.5 Å². The molecule has 0 spiro atoms. The van der Waals surface area contributed by atoms with Crippen molar-refractivity contribution in [3.8, 4) is 0 Å². The summed E-state index contributed by atoms with van der Waals surface area (Å²) in [6, 6.07) is 1.21. The highest BCUT2D eigenvalue weighted by molar-refractivity contribution is 7.92. The topological polar surface area (TPSA) is 103 Å². The Hall–Kier alpha value is -2.16. The van der Waals surface area contributed by atoms with Gasteiger partial charge in [0.1, 0.15) is 0 Å². The summed E-state index contributed by atoms with van der Waals surface area (Å²) in [4.78, 5) is 7.18. The summed E-state index contributed by atoms with van der Waals surface area (Å²) in [6.45, 7) is 0. The summed E-state index contributed by atoms with van der Waals surface area (Å²) in [5, 5.41) is -0.223. The molecular weight excluding hydrogens is 261 g/mol. The smallest absolute Gasteiger partial charge is 0.281 e. The first-order valence-electron chi connectivity index (χ1n) is 4.81. The van der Waals surface area contributed by atoms with E-state index in [1.807, 2.05) is 0 Å². The monoisotopic (exact) mass is 271 g/mol. The molecule has 0 atom stereocenters. The van der Waals surface area contributed by atoms with Crippen LogP contribution in [-0.2, 0) is 17.1 Å². The maximum absolute atomic E-state index is 13.3. The number of halogens is 1. The zero-order chi connectivity index (χ0) is 13.3. The van der Waals surface area contributed by atoms with Crippen molar-refractivity contribution in [3.05, 3.63) is 30.6 Å². The molecule has 2 heterocycles. The Balaban J connectivity index is 2.43. The molecule has 96 valence electrons. The molecule has 0 amide bonds. The van der Waals surface area contributed by atoms with Crippen LogP contribution in [-0.4, -0.2) is 23.0 Å². The predicted molar refractivity (Wildman–Crippen MR) is 62.6 cm³/mol. The van der Waals surface area contributed by atoms with Gasteiger partial charge in [-0.25, -0.2) is 9.37 Å². The molecule has 2 aromatic rings. The lowest BCUT2D eigenvalue weighted by Crippen LogP contribution is -2.18. The first-order valence-corrected chi connectivity index (χ1v) is 6.29.